The normalized spacial score (nSPS) is 15.8. The number of halogens is 1. The Bertz CT molecular complexity index is 292. The molecule has 0 aromatic carbocycles. The maximum atomic E-state index is 5.71. The number of hydrogen-bond donors (Lipinski definition) is 1. The van der Waals surface area contributed by atoms with Crippen molar-refractivity contribution in [3.05, 3.63) is 17.3 Å². The number of pyridine rings is 1. The van der Waals surface area contributed by atoms with Crippen LogP contribution < -0.4 is 10.5 Å². The Kier molecular flexibility index (Phi) is 2.27. The summed E-state index contributed by atoms with van der Waals surface area (Å²) in [5.74, 6) is 1.24. The number of ether oxygens (including phenoxy) is 1. The van der Waals surface area contributed by atoms with Crippen molar-refractivity contribution in [3.63, 3.8) is 0 Å². The lowest BCUT2D eigenvalue weighted by molar-refractivity contribution is 0.289. The first-order valence-corrected chi connectivity index (χ1v) is 4.68. The molecule has 0 bridgehead atoms. The molecule has 0 amide bonds. The second-order valence-corrected chi connectivity index (χ2v) is 3.70. The number of rotatable bonds is 3. The third-order valence-electron chi connectivity index (χ3n) is 1.96. The van der Waals surface area contributed by atoms with Gasteiger partial charge in [-0.2, -0.15) is 0 Å². The van der Waals surface area contributed by atoms with Crippen LogP contribution in [0.3, 0.4) is 0 Å². The van der Waals surface area contributed by atoms with Gasteiger partial charge < -0.3 is 10.5 Å². The monoisotopic (exact) mass is 198 g/mol. The van der Waals surface area contributed by atoms with Crippen molar-refractivity contribution < 1.29 is 4.74 Å². The van der Waals surface area contributed by atoms with Crippen LogP contribution in [0.1, 0.15) is 12.8 Å². The summed E-state index contributed by atoms with van der Waals surface area (Å²) in [6, 6.07) is 3.29. The molecule has 0 saturated heterocycles. The van der Waals surface area contributed by atoms with Crippen LogP contribution in [0.15, 0.2) is 12.1 Å². The molecule has 0 spiro atoms. The van der Waals surface area contributed by atoms with Crippen molar-refractivity contribution in [2.24, 2.45) is 5.92 Å². The summed E-state index contributed by atoms with van der Waals surface area (Å²) in [6.07, 6.45) is 2.52. The highest BCUT2D eigenvalue weighted by atomic mass is 35.5. The molecule has 13 heavy (non-hydrogen) atoms. The van der Waals surface area contributed by atoms with E-state index in [2.05, 4.69) is 4.98 Å². The van der Waals surface area contributed by atoms with Crippen molar-refractivity contribution in [1.29, 1.82) is 0 Å². The minimum atomic E-state index is 0.380. The van der Waals surface area contributed by atoms with E-state index in [9.17, 15) is 0 Å². The topological polar surface area (TPSA) is 48.1 Å². The van der Waals surface area contributed by atoms with Crippen molar-refractivity contribution in [2.75, 3.05) is 12.3 Å². The largest absolute Gasteiger partial charge is 0.477 e. The van der Waals surface area contributed by atoms with Gasteiger partial charge in [-0.15, -0.1) is 0 Å². The van der Waals surface area contributed by atoms with E-state index in [1.807, 2.05) is 0 Å². The predicted molar refractivity (Wildman–Crippen MR) is 51.9 cm³/mol. The van der Waals surface area contributed by atoms with E-state index in [4.69, 9.17) is 22.1 Å². The van der Waals surface area contributed by atoms with Crippen molar-refractivity contribution in [2.45, 2.75) is 12.8 Å². The van der Waals surface area contributed by atoms with E-state index < -0.39 is 0 Å². The number of hydrogen-bond acceptors (Lipinski definition) is 3. The number of nitrogens with two attached hydrogens (primary N) is 1. The molecule has 0 atom stereocenters. The summed E-state index contributed by atoms with van der Waals surface area (Å²) in [5, 5.41) is 0.380. The van der Waals surface area contributed by atoms with Gasteiger partial charge in [-0.3, -0.25) is 0 Å². The van der Waals surface area contributed by atoms with Gasteiger partial charge in [-0.05, 0) is 24.8 Å². The van der Waals surface area contributed by atoms with Crippen LogP contribution in [0.5, 0.6) is 5.88 Å². The Hall–Kier alpha value is -0.960. The van der Waals surface area contributed by atoms with Crippen molar-refractivity contribution in [3.8, 4) is 5.88 Å². The second kappa shape index (κ2) is 3.42. The van der Waals surface area contributed by atoms with Crippen LogP contribution in [-0.2, 0) is 0 Å². The summed E-state index contributed by atoms with van der Waals surface area (Å²) in [5.41, 5.74) is 6.17. The van der Waals surface area contributed by atoms with Crippen LogP contribution in [0.4, 0.5) is 5.69 Å². The van der Waals surface area contributed by atoms with Gasteiger partial charge in [0.15, 0.2) is 0 Å². The quantitative estimate of drug-likeness (QED) is 0.757. The summed E-state index contributed by atoms with van der Waals surface area (Å²) < 4.78 is 5.42. The lowest BCUT2D eigenvalue weighted by atomic mass is 10.4. The summed E-state index contributed by atoms with van der Waals surface area (Å²) in [7, 11) is 0. The van der Waals surface area contributed by atoms with E-state index in [-0.39, 0.29) is 0 Å². The third-order valence-corrected chi connectivity index (χ3v) is 2.15. The number of anilines is 1. The van der Waals surface area contributed by atoms with Gasteiger partial charge in [-0.1, -0.05) is 11.6 Å². The lowest BCUT2D eigenvalue weighted by Crippen LogP contribution is -2.01. The van der Waals surface area contributed by atoms with Gasteiger partial charge in [0, 0.05) is 11.8 Å². The molecule has 2 N–H and O–H groups in total. The van der Waals surface area contributed by atoms with Gasteiger partial charge in [-0.25, -0.2) is 4.98 Å². The highest BCUT2D eigenvalue weighted by Crippen LogP contribution is 2.29. The molecule has 2 rings (SSSR count). The van der Waals surface area contributed by atoms with E-state index in [0.717, 1.165) is 6.61 Å². The molecule has 0 radical (unpaired) electrons. The number of nitrogens with zero attached hydrogens (tertiary/aromatic N) is 1. The fourth-order valence-electron chi connectivity index (χ4n) is 1.05. The lowest BCUT2D eigenvalue weighted by Gasteiger charge is -2.04. The highest BCUT2D eigenvalue weighted by molar-refractivity contribution is 6.29. The zero-order valence-corrected chi connectivity index (χ0v) is 7.92. The van der Waals surface area contributed by atoms with Gasteiger partial charge in [0.2, 0.25) is 5.88 Å². The first kappa shape index (κ1) is 8.63. The molecule has 0 unspecified atom stereocenters. The van der Waals surface area contributed by atoms with Gasteiger partial charge in [0.1, 0.15) is 5.15 Å². The summed E-state index contributed by atoms with van der Waals surface area (Å²) in [4.78, 5) is 4.00. The Morgan fingerprint density at radius 1 is 1.54 bits per heavy atom. The maximum Gasteiger partial charge on any atom is 0.216 e. The smallest absolute Gasteiger partial charge is 0.216 e. The molecular weight excluding hydrogens is 188 g/mol. The molecule has 1 fully saturated rings. The first-order valence-electron chi connectivity index (χ1n) is 4.30. The molecule has 70 valence electrons. The molecule has 1 heterocycles. The fourth-order valence-corrected chi connectivity index (χ4v) is 1.26. The van der Waals surface area contributed by atoms with Crippen LogP contribution in [-0.4, -0.2) is 11.6 Å². The minimum Gasteiger partial charge on any atom is -0.477 e. The van der Waals surface area contributed by atoms with Crippen molar-refractivity contribution >= 4 is 17.3 Å². The Labute approximate surface area is 81.9 Å². The van der Waals surface area contributed by atoms with Gasteiger partial charge in [0.05, 0.1) is 6.61 Å². The molecule has 3 nitrogen and oxygen atoms in total. The molecule has 1 aliphatic rings. The van der Waals surface area contributed by atoms with Crippen LogP contribution in [0, 0.1) is 5.92 Å². The Morgan fingerprint density at radius 2 is 2.31 bits per heavy atom. The van der Waals surface area contributed by atoms with E-state index in [1.54, 1.807) is 12.1 Å². The standard InChI is InChI=1S/C9H11ClN2O/c10-8-3-7(11)4-9(12-8)13-5-6-1-2-6/h3-4,6H,1-2,5H2,(H2,11,12). The summed E-state index contributed by atoms with van der Waals surface area (Å²) >= 11 is 5.71. The van der Waals surface area contributed by atoms with Gasteiger partial charge >= 0.3 is 0 Å². The van der Waals surface area contributed by atoms with E-state index >= 15 is 0 Å². The van der Waals surface area contributed by atoms with Crippen LogP contribution in [0.2, 0.25) is 5.15 Å². The Balaban J connectivity index is 2.01. The first-order chi connectivity index (χ1) is 6.24. The van der Waals surface area contributed by atoms with Gasteiger partial charge in [0.25, 0.3) is 0 Å². The summed E-state index contributed by atoms with van der Waals surface area (Å²) in [6.45, 7) is 0.729. The van der Waals surface area contributed by atoms with E-state index in [0.29, 0.717) is 22.6 Å². The Morgan fingerprint density at radius 3 is 2.92 bits per heavy atom. The number of aromatic nitrogens is 1. The predicted octanol–water partition coefficient (Wildman–Crippen LogP) is 2.11. The van der Waals surface area contributed by atoms with Crippen LogP contribution in [0.25, 0.3) is 0 Å². The molecule has 1 aromatic rings. The molecule has 1 aliphatic carbocycles. The molecule has 4 heteroatoms. The zero-order chi connectivity index (χ0) is 9.26. The third kappa shape index (κ3) is 2.49. The number of nitrogen functional groups attached to an aromatic ring is 1. The average Bonchev–Trinajstić information content (AvgIpc) is 2.81. The second-order valence-electron chi connectivity index (χ2n) is 3.32. The average molecular weight is 199 g/mol. The molecule has 1 aromatic heterocycles. The zero-order valence-electron chi connectivity index (χ0n) is 7.16. The molecule has 0 aliphatic heterocycles. The minimum absolute atomic E-state index is 0.380. The maximum absolute atomic E-state index is 5.71. The fraction of sp³-hybridized carbons (Fsp3) is 0.444. The SMILES string of the molecule is Nc1cc(Cl)nc(OCC2CC2)c1. The van der Waals surface area contributed by atoms with E-state index in [1.165, 1.54) is 12.8 Å². The van der Waals surface area contributed by atoms with Crippen molar-refractivity contribution in [1.82, 2.24) is 4.98 Å². The molecule has 1 saturated carbocycles. The molecular formula is C9H11ClN2O. The van der Waals surface area contributed by atoms with Crippen LogP contribution >= 0.6 is 11.6 Å². The highest BCUT2D eigenvalue weighted by Gasteiger charge is 2.22.